The Morgan fingerprint density at radius 3 is 2.22 bits per heavy atom. The molecule has 0 saturated carbocycles. The van der Waals surface area contributed by atoms with Gasteiger partial charge in [-0.05, 0) is 29.2 Å². The Kier molecular flexibility index (Phi) is 4.85. The molecular weight excluding hydrogens is 315 g/mol. The molecule has 0 aliphatic heterocycles. The summed E-state index contributed by atoms with van der Waals surface area (Å²) in [6.07, 6.45) is 1.14. The Balaban J connectivity index is 2.15. The van der Waals surface area contributed by atoms with Gasteiger partial charge in [0.1, 0.15) is 5.82 Å². The minimum Gasteiger partial charge on any atom is -0.206 e. The van der Waals surface area contributed by atoms with E-state index in [0.717, 1.165) is 11.8 Å². The van der Waals surface area contributed by atoms with Crippen LogP contribution in [-0.2, 0) is 15.4 Å². The molecule has 122 valence electrons. The molecule has 0 aromatic heterocycles. The minimum absolute atomic E-state index is 0.0568. The number of halogens is 1. The Bertz CT molecular complexity index is 807. The summed E-state index contributed by atoms with van der Waals surface area (Å²) in [7, 11) is -3.78. The van der Waals surface area contributed by atoms with Crippen molar-refractivity contribution in [2.75, 3.05) is 0 Å². The van der Waals surface area contributed by atoms with Crippen molar-refractivity contribution in [3.63, 3.8) is 0 Å². The van der Waals surface area contributed by atoms with E-state index in [2.05, 4.69) is 9.93 Å². The van der Waals surface area contributed by atoms with E-state index in [4.69, 9.17) is 0 Å². The zero-order valence-electron chi connectivity index (χ0n) is 13.2. The van der Waals surface area contributed by atoms with Crippen molar-refractivity contribution >= 4 is 16.2 Å². The Morgan fingerprint density at radius 2 is 1.65 bits per heavy atom. The quantitative estimate of drug-likeness (QED) is 0.688. The highest BCUT2D eigenvalue weighted by Gasteiger charge is 2.17. The topological polar surface area (TPSA) is 58.5 Å². The second-order valence-electron chi connectivity index (χ2n) is 6.15. The molecule has 0 radical (unpaired) electrons. The van der Waals surface area contributed by atoms with E-state index in [1.54, 1.807) is 24.3 Å². The number of hydrazone groups is 1. The molecule has 0 unspecified atom stereocenters. The number of hydrogen-bond acceptors (Lipinski definition) is 3. The first kappa shape index (κ1) is 17.1. The van der Waals surface area contributed by atoms with Crippen LogP contribution in [0.4, 0.5) is 4.39 Å². The summed E-state index contributed by atoms with van der Waals surface area (Å²) in [5, 5.41) is 3.62. The fourth-order valence-corrected chi connectivity index (χ4v) is 2.72. The maximum Gasteiger partial charge on any atom is 0.276 e. The highest BCUT2D eigenvalue weighted by molar-refractivity contribution is 7.89. The van der Waals surface area contributed by atoms with Gasteiger partial charge in [0.15, 0.2) is 0 Å². The molecule has 0 aliphatic rings. The summed E-state index contributed by atoms with van der Waals surface area (Å²) in [5.74, 6) is -0.468. The van der Waals surface area contributed by atoms with Gasteiger partial charge in [0, 0.05) is 5.56 Å². The second-order valence-corrected chi connectivity index (χ2v) is 7.81. The molecule has 0 fully saturated rings. The molecule has 6 heteroatoms. The van der Waals surface area contributed by atoms with Crippen LogP contribution in [0, 0.1) is 5.82 Å². The van der Waals surface area contributed by atoms with E-state index in [-0.39, 0.29) is 15.9 Å². The van der Waals surface area contributed by atoms with Gasteiger partial charge in [-0.3, -0.25) is 0 Å². The van der Waals surface area contributed by atoms with Crippen molar-refractivity contribution in [2.24, 2.45) is 5.10 Å². The zero-order valence-corrected chi connectivity index (χ0v) is 14.1. The van der Waals surface area contributed by atoms with Crippen molar-refractivity contribution in [1.29, 1.82) is 0 Å². The summed E-state index contributed by atoms with van der Waals surface area (Å²) >= 11 is 0. The van der Waals surface area contributed by atoms with Crippen molar-refractivity contribution in [2.45, 2.75) is 31.1 Å². The lowest BCUT2D eigenvalue weighted by molar-refractivity contribution is 0.580. The predicted molar refractivity (Wildman–Crippen MR) is 89.5 cm³/mol. The van der Waals surface area contributed by atoms with Crippen molar-refractivity contribution in [3.8, 4) is 0 Å². The average molecular weight is 334 g/mol. The highest BCUT2D eigenvalue weighted by Crippen LogP contribution is 2.23. The lowest BCUT2D eigenvalue weighted by atomic mass is 9.87. The summed E-state index contributed by atoms with van der Waals surface area (Å²) in [4.78, 5) is 2.19. The molecule has 0 heterocycles. The summed E-state index contributed by atoms with van der Waals surface area (Å²) in [6.45, 7) is 6.15. The van der Waals surface area contributed by atoms with Crippen molar-refractivity contribution in [3.05, 3.63) is 65.5 Å². The fraction of sp³-hybridized carbons (Fsp3) is 0.235. The second kappa shape index (κ2) is 6.50. The molecule has 1 N–H and O–H groups in total. The lowest BCUT2D eigenvalue weighted by Crippen LogP contribution is -2.19. The van der Waals surface area contributed by atoms with Crippen LogP contribution in [0.2, 0.25) is 0 Å². The van der Waals surface area contributed by atoms with Crippen LogP contribution in [0.3, 0.4) is 0 Å². The number of nitrogens with zero attached hydrogens (tertiary/aromatic N) is 1. The molecule has 2 rings (SSSR count). The molecule has 0 aliphatic carbocycles. The summed E-state index contributed by atoms with van der Waals surface area (Å²) in [6, 6.07) is 12.6. The van der Waals surface area contributed by atoms with Gasteiger partial charge >= 0.3 is 0 Å². The Labute approximate surface area is 136 Å². The van der Waals surface area contributed by atoms with Gasteiger partial charge in [-0.25, -0.2) is 9.22 Å². The first-order valence-corrected chi connectivity index (χ1v) is 8.58. The summed E-state index contributed by atoms with van der Waals surface area (Å²) < 4.78 is 37.7. The van der Waals surface area contributed by atoms with E-state index in [0.29, 0.717) is 0 Å². The van der Waals surface area contributed by atoms with Gasteiger partial charge in [0.2, 0.25) is 0 Å². The smallest absolute Gasteiger partial charge is 0.206 e. The van der Waals surface area contributed by atoms with E-state index in [1.807, 2.05) is 20.8 Å². The molecule has 0 amide bonds. The SMILES string of the molecule is CC(C)(C)c1ccc(S(=O)(=O)N/N=C/c2ccccc2F)cc1. The minimum atomic E-state index is -3.78. The normalized spacial score (nSPS) is 12.5. The van der Waals surface area contributed by atoms with Gasteiger partial charge in [-0.1, -0.05) is 51.1 Å². The number of nitrogens with one attached hydrogen (secondary N) is 1. The van der Waals surface area contributed by atoms with Crippen LogP contribution in [0.5, 0.6) is 0 Å². The number of hydrogen-bond donors (Lipinski definition) is 1. The van der Waals surface area contributed by atoms with E-state index in [9.17, 15) is 12.8 Å². The van der Waals surface area contributed by atoms with Crippen molar-refractivity contribution in [1.82, 2.24) is 4.83 Å². The van der Waals surface area contributed by atoms with Crippen molar-refractivity contribution < 1.29 is 12.8 Å². The standard InChI is InChI=1S/C17H19FN2O2S/c1-17(2,3)14-8-10-15(11-9-14)23(21,22)20-19-12-13-6-4-5-7-16(13)18/h4-12,20H,1-3H3/b19-12+. The monoisotopic (exact) mass is 334 g/mol. The maximum atomic E-state index is 13.4. The van der Waals surface area contributed by atoms with Gasteiger partial charge in [-0.2, -0.15) is 13.5 Å². The van der Waals surface area contributed by atoms with Crippen LogP contribution in [0.1, 0.15) is 31.9 Å². The van der Waals surface area contributed by atoms with E-state index >= 15 is 0 Å². The third kappa shape index (κ3) is 4.39. The molecule has 0 spiro atoms. The number of sulfonamides is 1. The van der Waals surface area contributed by atoms with Gasteiger partial charge in [0.05, 0.1) is 11.1 Å². The largest absolute Gasteiger partial charge is 0.276 e. The van der Waals surface area contributed by atoms with E-state index < -0.39 is 15.8 Å². The first-order valence-electron chi connectivity index (χ1n) is 7.10. The molecule has 2 aromatic carbocycles. The average Bonchev–Trinajstić information content (AvgIpc) is 2.48. The van der Waals surface area contributed by atoms with Gasteiger partial charge < -0.3 is 0 Å². The first-order chi connectivity index (χ1) is 10.7. The van der Waals surface area contributed by atoms with Gasteiger partial charge in [-0.15, -0.1) is 0 Å². The molecule has 4 nitrogen and oxygen atoms in total. The van der Waals surface area contributed by atoms with Crippen LogP contribution in [0.25, 0.3) is 0 Å². The van der Waals surface area contributed by atoms with Crippen LogP contribution in [-0.4, -0.2) is 14.6 Å². The lowest BCUT2D eigenvalue weighted by Gasteiger charge is -2.19. The molecule has 0 saturated heterocycles. The van der Waals surface area contributed by atoms with Crippen LogP contribution >= 0.6 is 0 Å². The van der Waals surface area contributed by atoms with Crippen LogP contribution in [0.15, 0.2) is 58.5 Å². The molecule has 0 atom stereocenters. The predicted octanol–water partition coefficient (Wildman–Crippen LogP) is 3.44. The fourth-order valence-electron chi connectivity index (χ4n) is 1.93. The summed E-state index contributed by atoms with van der Waals surface area (Å²) in [5.41, 5.74) is 1.18. The highest BCUT2D eigenvalue weighted by atomic mass is 32.2. The molecule has 0 bridgehead atoms. The number of benzene rings is 2. The zero-order chi connectivity index (χ0) is 17.1. The molecular formula is C17H19FN2O2S. The van der Waals surface area contributed by atoms with Crippen LogP contribution < -0.4 is 4.83 Å². The molecule has 23 heavy (non-hydrogen) atoms. The van der Waals surface area contributed by atoms with E-state index in [1.165, 1.54) is 24.3 Å². The Morgan fingerprint density at radius 1 is 1.04 bits per heavy atom. The molecule has 2 aromatic rings. The third-order valence-electron chi connectivity index (χ3n) is 3.31. The van der Waals surface area contributed by atoms with Gasteiger partial charge in [0.25, 0.3) is 10.0 Å². The third-order valence-corrected chi connectivity index (χ3v) is 4.55. The number of rotatable bonds is 4. The maximum absolute atomic E-state index is 13.4. The Hall–Kier alpha value is -2.21.